The van der Waals surface area contributed by atoms with Gasteiger partial charge in [-0.15, -0.1) is 0 Å². The van der Waals surface area contributed by atoms with Crippen LogP contribution in [0.3, 0.4) is 0 Å². The van der Waals surface area contributed by atoms with Gasteiger partial charge in [-0.2, -0.15) is 0 Å². The molecule has 1 heteroatoms. The van der Waals surface area contributed by atoms with E-state index in [0.29, 0.717) is 0 Å². The number of nitrogens with zero attached hydrogens (tertiary/aromatic N) is 1. The fraction of sp³-hybridized carbons (Fsp3) is 0.200. The molecule has 0 bridgehead atoms. The van der Waals surface area contributed by atoms with E-state index in [4.69, 9.17) is 0 Å². The minimum atomic E-state index is -0.225. The van der Waals surface area contributed by atoms with Crippen LogP contribution in [-0.2, 0) is 5.41 Å². The van der Waals surface area contributed by atoms with E-state index in [0.717, 1.165) is 0 Å². The van der Waals surface area contributed by atoms with Crippen molar-refractivity contribution in [1.82, 2.24) is 0 Å². The highest BCUT2D eigenvalue weighted by molar-refractivity contribution is 5.87. The molecule has 0 spiro atoms. The third kappa shape index (κ3) is 3.08. The van der Waals surface area contributed by atoms with Gasteiger partial charge in [-0.05, 0) is 75.6 Å². The average Bonchev–Trinajstić information content (AvgIpc) is 2.76. The SMILES string of the molecule is Cc1ccc(N2c3ccc(C)cc3C(C)(c3ccc(C)cc3)c3cc(C)ccc32)cc1. The van der Waals surface area contributed by atoms with Gasteiger partial charge in [0.05, 0.1) is 11.4 Å². The van der Waals surface area contributed by atoms with Crippen LogP contribution in [0.5, 0.6) is 0 Å². The normalized spacial score (nSPS) is 14.2. The number of hydrogen-bond acceptors (Lipinski definition) is 1. The average molecular weight is 404 g/mol. The van der Waals surface area contributed by atoms with Gasteiger partial charge in [0, 0.05) is 11.1 Å². The number of benzene rings is 4. The summed E-state index contributed by atoms with van der Waals surface area (Å²) >= 11 is 0. The summed E-state index contributed by atoms with van der Waals surface area (Å²) in [7, 11) is 0. The second-order valence-corrected chi connectivity index (χ2v) is 9.20. The Morgan fingerprint density at radius 3 is 1.42 bits per heavy atom. The first-order valence-corrected chi connectivity index (χ1v) is 11.0. The number of hydrogen-bond donors (Lipinski definition) is 0. The number of anilines is 3. The van der Waals surface area contributed by atoms with Gasteiger partial charge in [0.25, 0.3) is 0 Å². The van der Waals surface area contributed by atoms with Crippen LogP contribution in [0.4, 0.5) is 17.1 Å². The highest BCUT2D eigenvalue weighted by Gasteiger charge is 2.41. The fourth-order valence-electron chi connectivity index (χ4n) is 4.94. The van der Waals surface area contributed by atoms with Gasteiger partial charge < -0.3 is 4.90 Å². The van der Waals surface area contributed by atoms with Crippen molar-refractivity contribution in [1.29, 1.82) is 0 Å². The van der Waals surface area contributed by atoms with Crippen LogP contribution in [-0.4, -0.2) is 0 Å². The summed E-state index contributed by atoms with van der Waals surface area (Å²) in [6.07, 6.45) is 0. The van der Waals surface area contributed by atoms with Gasteiger partial charge >= 0.3 is 0 Å². The highest BCUT2D eigenvalue weighted by Crippen LogP contribution is 2.54. The molecule has 4 aromatic carbocycles. The Balaban J connectivity index is 1.86. The molecule has 4 aromatic rings. The lowest BCUT2D eigenvalue weighted by atomic mass is 9.67. The van der Waals surface area contributed by atoms with Crippen LogP contribution in [0.1, 0.15) is 45.9 Å². The van der Waals surface area contributed by atoms with Crippen molar-refractivity contribution >= 4 is 17.1 Å². The maximum Gasteiger partial charge on any atom is 0.0506 e. The van der Waals surface area contributed by atoms with Crippen LogP contribution in [0.2, 0.25) is 0 Å². The monoisotopic (exact) mass is 403 g/mol. The van der Waals surface area contributed by atoms with Crippen molar-refractivity contribution in [3.05, 3.63) is 124 Å². The predicted octanol–water partition coefficient (Wildman–Crippen LogP) is 8.06. The molecule has 0 amide bonds. The molecule has 0 aliphatic carbocycles. The summed E-state index contributed by atoms with van der Waals surface area (Å²) in [6, 6.07) is 31.7. The van der Waals surface area contributed by atoms with E-state index >= 15 is 0 Å². The molecule has 1 aliphatic rings. The van der Waals surface area contributed by atoms with Crippen LogP contribution < -0.4 is 4.90 Å². The highest BCUT2D eigenvalue weighted by atomic mass is 15.2. The standard InChI is InChI=1S/C30H29N/c1-20-6-12-24(13-7-20)30(5)26-18-22(3)10-16-28(26)31(25-14-8-21(2)9-15-25)29-17-11-23(4)19-27(29)30/h6-19H,1-5H3. The molecule has 0 atom stereocenters. The zero-order chi connectivity index (χ0) is 21.8. The summed E-state index contributed by atoms with van der Waals surface area (Å²) in [4.78, 5) is 2.43. The van der Waals surface area contributed by atoms with Gasteiger partial charge in [0.1, 0.15) is 0 Å². The molecule has 0 N–H and O–H groups in total. The van der Waals surface area contributed by atoms with E-state index in [9.17, 15) is 0 Å². The van der Waals surface area contributed by atoms with Crippen LogP contribution >= 0.6 is 0 Å². The topological polar surface area (TPSA) is 3.24 Å². The van der Waals surface area contributed by atoms with Crippen LogP contribution in [0.15, 0.2) is 84.9 Å². The molecule has 0 saturated heterocycles. The Kier molecular flexibility index (Phi) is 4.51. The van der Waals surface area contributed by atoms with Crippen molar-refractivity contribution in [3.63, 3.8) is 0 Å². The van der Waals surface area contributed by atoms with Gasteiger partial charge in [0.2, 0.25) is 0 Å². The lowest BCUT2D eigenvalue weighted by Gasteiger charge is -2.44. The predicted molar refractivity (Wildman–Crippen MR) is 132 cm³/mol. The number of aryl methyl sites for hydroxylation is 4. The van der Waals surface area contributed by atoms with Crippen LogP contribution in [0.25, 0.3) is 0 Å². The summed E-state index contributed by atoms with van der Waals surface area (Å²) in [5.74, 6) is 0. The van der Waals surface area contributed by atoms with E-state index in [1.807, 2.05) is 0 Å². The molecule has 0 saturated carbocycles. The van der Waals surface area contributed by atoms with E-state index in [1.165, 1.54) is 56.0 Å². The first-order valence-electron chi connectivity index (χ1n) is 11.0. The van der Waals surface area contributed by atoms with E-state index in [1.54, 1.807) is 0 Å². The molecular formula is C30H29N. The zero-order valence-electron chi connectivity index (χ0n) is 19.0. The number of fused-ring (bicyclic) bond motifs is 2. The molecule has 31 heavy (non-hydrogen) atoms. The molecule has 154 valence electrons. The molecule has 1 aliphatic heterocycles. The Labute approximate surface area is 186 Å². The summed E-state index contributed by atoms with van der Waals surface area (Å²) < 4.78 is 0. The van der Waals surface area contributed by atoms with Gasteiger partial charge in [-0.1, -0.05) is 82.9 Å². The fourth-order valence-corrected chi connectivity index (χ4v) is 4.94. The minimum Gasteiger partial charge on any atom is -0.310 e. The Morgan fingerprint density at radius 2 is 0.935 bits per heavy atom. The second kappa shape index (κ2) is 7.13. The lowest BCUT2D eigenvalue weighted by molar-refractivity contribution is 0.679. The summed E-state index contributed by atoms with van der Waals surface area (Å²) in [5, 5.41) is 0. The minimum absolute atomic E-state index is 0.225. The third-order valence-electron chi connectivity index (χ3n) is 6.78. The van der Waals surface area contributed by atoms with Crippen molar-refractivity contribution in [3.8, 4) is 0 Å². The van der Waals surface area contributed by atoms with E-state index in [-0.39, 0.29) is 5.41 Å². The molecule has 0 aromatic heterocycles. The molecule has 1 nitrogen and oxygen atoms in total. The smallest absolute Gasteiger partial charge is 0.0506 e. The van der Waals surface area contributed by atoms with Gasteiger partial charge in [0.15, 0.2) is 0 Å². The van der Waals surface area contributed by atoms with Crippen LogP contribution in [0, 0.1) is 27.7 Å². The van der Waals surface area contributed by atoms with Crippen molar-refractivity contribution in [2.75, 3.05) is 4.90 Å². The largest absolute Gasteiger partial charge is 0.310 e. The van der Waals surface area contributed by atoms with Crippen molar-refractivity contribution in [2.45, 2.75) is 40.0 Å². The molecule has 0 radical (unpaired) electrons. The first kappa shape index (κ1) is 19.6. The quantitative estimate of drug-likeness (QED) is 0.327. The molecule has 1 heterocycles. The van der Waals surface area contributed by atoms with Crippen molar-refractivity contribution < 1.29 is 0 Å². The maximum atomic E-state index is 2.43. The van der Waals surface area contributed by atoms with Gasteiger partial charge in [-0.3, -0.25) is 0 Å². The second-order valence-electron chi connectivity index (χ2n) is 9.20. The van der Waals surface area contributed by atoms with Crippen molar-refractivity contribution in [2.24, 2.45) is 0 Å². The van der Waals surface area contributed by atoms with E-state index < -0.39 is 0 Å². The lowest BCUT2D eigenvalue weighted by Crippen LogP contribution is -2.34. The van der Waals surface area contributed by atoms with E-state index in [2.05, 4.69) is 124 Å². The third-order valence-corrected chi connectivity index (χ3v) is 6.78. The first-order chi connectivity index (χ1) is 14.9. The Bertz CT molecular complexity index is 1210. The summed E-state index contributed by atoms with van der Waals surface area (Å²) in [6.45, 7) is 11.1. The zero-order valence-corrected chi connectivity index (χ0v) is 19.0. The molecule has 0 unspecified atom stereocenters. The Hall–Kier alpha value is -3.32. The molecule has 0 fully saturated rings. The maximum absolute atomic E-state index is 2.43. The molecular weight excluding hydrogens is 374 g/mol. The van der Waals surface area contributed by atoms with Gasteiger partial charge in [-0.25, -0.2) is 0 Å². The Morgan fingerprint density at radius 1 is 0.516 bits per heavy atom. The number of rotatable bonds is 2. The molecule has 5 rings (SSSR count). The summed E-state index contributed by atoms with van der Waals surface area (Å²) in [5.41, 5.74) is 12.7.